The number of halogens is 1. The van der Waals surface area contributed by atoms with Crippen LogP contribution in [0.15, 0.2) is 24.3 Å². The highest BCUT2D eigenvalue weighted by molar-refractivity contribution is 7.91. The van der Waals surface area contributed by atoms with Gasteiger partial charge in [0.15, 0.2) is 0 Å². The quantitative estimate of drug-likeness (QED) is 0.930. The molecule has 1 aromatic rings. The van der Waals surface area contributed by atoms with E-state index >= 15 is 0 Å². The molecule has 1 aliphatic heterocycles. The molecule has 0 amide bonds. The zero-order valence-electron chi connectivity index (χ0n) is 12.0. The summed E-state index contributed by atoms with van der Waals surface area (Å²) in [4.78, 5) is 0. The molecule has 0 aromatic heterocycles. The van der Waals surface area contributed by atoms with E-state index in [1.165, 1.54) is 12.1 Å². The van der Waals surface area contributed by atoms with Crippen molar-refractivity contribution in [2.45, 2.75) is 38.8 Å². The second-order valence-electron chi connectivity index (χ2n) is 5.87. The van der Waals surface area contributed by atoms with E-state index in [1.54, 1.807) is 12.1 Å². The van der Waals surface area contributed by atoms with E-state index in [0.29, 0.717) is 18.8 Å². The summed E-state index contributed by atoms with van der Waals surface area (Å²) in [5.41, 5.74) is 1.05. The molecule has 1 fully saturated rings. The van der Waals surface area contributed by atoms with Crippen molar-refractivity contribution < 1.29 is 12.8 Å². The minimum atomic E-state index is -2.83. The van der Waals surface area contributed by atoms with E-state index < -0.39 is 9.84 Å². The standard InChI is InChI=1S/C15H22FNO2S/c1-11(2)15(12-3-5-13(16)6-4-12)17-14-7-9-20(18,19)10-8-14/h3-6,11,14-15,17H,7-10H2,1-2H3. The average molecular weight is 299 g/mol. The summed E-state index contributed by atoms with van der Waals surface area (Å²) in [6, 6.07) is 6.88. The molecule has 0 bridgehead atoms. The fraction of sp³-hybridized carbons (Fsp3) is 0.600. The Morgan fingerprint density at radius 3 is 2.20 bits per heavy atom. The fourth-order valence-electron chi connectivity index (χ4n) is 2.65. The van der Waals surface area contributed by atoms with Gasteiger partial charge in [-0.1, -0.05) is 26.0 Å². The van der Waals surface area contributed by atoms with E-state index in [2.05, 4.69) is 19.2 Å². The molecule has 0 saturated carbocycles. The molecule has 20 heavy (non-hydrogen) atoms. The SMILES string of the molecule is CC(C)C(NC1CCS(=O)(=O)CC1)c1ccc(F)cc1. The van der Waals surface area contributed by atoms with Crippen LogP contribution < -0.4 is 5.32 Å². The van der Waals surface area contributed by atoms with Gasteiger partial charge in [-0.3, -0.25) is 0 Å². The lowest BCUT2D eigenvalue weighted by Gasteiger charge is -2.31. The Hall–Kier alpha value is -0.940. The third kappa shape index (κ3) is 4.03. The lowest BCUT2D eigenvalue weighted by Crippen LogP contribution is -2.41. The number of benzene rings is 1. The third-order valence-electron chi connectivity index (χ3n) is 3.87. The molecule has 0 aliphatic carbocycles. The van der Waals surface area contributed by atoms with Crippen molar-refractivity contribution in [3.8, 4) is 0 Å². The van der Waals surface area contributed by atoms with Gasteiger partial charge in [-0.15, -0.1) is 0 Å². The zero-order chi connectivity index (χ0) is 14.8. The summed E-state index contributed by atoms with van der Waals surface area (Å²) in [6.07, 6.45) is 1.32. The molecule has 1 aromatic carbocycles. The van der Waals surface area contributed by atoms with E-state index in [-0.39, 0.29) is 29.4 Å². The Bertz CT molecular complexity index is 525. The van der Waals surface area contributed by atoms with Crippen LogP contribution in [0.4, 0.5) is 4.39 Å². The van der Waals surface area contributed by atoms with Crippen LogP contribution in [0.25, 0.3) is 0 Å². The molecule has 2 rings (SSSR count). The van der Waals surface area contributed by atoms with Crippen molar-refractivity contribution >= 4 is 9.84 Å². The Morgan fingerprint density at radius 1 is 1.15 bits per heavy atom. The Kier molecular flexibility index (Phi) is 4.81. The van der Waals surface area contributed by atoms with Gasteiger partial charge in [0, 0.05) is 12.1 Å². The van der Waals surface area contributed by atoms with Crippen LogP contribution in [-0.4, -0.2) is 26.0 Å². The predicted molar refractivity (Wildman–Crippen MR) is 78.8 cm³/mol. The minimum Gasteiger partial charge on any atom is -0.307 e. The molecule has 5 heteroatoms. The topological polar surface area (TPSA) is 46.2 Å². The predicted octanol–water partition coefficient (Wildman–Crippen LogP) is 2.69. The van der Waals surface area contributed by atoms with E-state index in [0.717, 1.165) is 5.56 Å². The number of nitrogens with one attached hydrogen (secondary N) is 1. The molecule has 1 saturated heterocycles. The highest BCUT2D eigenvalue weighted by Crippen LogP contribution is 2.25. The van der Waals surface area contributed by atoms with Gasteiger partial charge in [0.2, 0.25) is 0 Å². The maximum atomic E-state index is 13.0. The first-order valence-electron chi connectivity index (χ1n) is 7.09. The maximum absolute atomic E-state index is 13.0. The van der Waals surface area contributed by atoms with Gasteiger partial charge < -0.3 is 5.32 Å². The Labute approximate surface area is 120 Å². The van der Waals surface area contributed by atoms with E-state index in [9.17, 15) is 12.8 Å². The molecule has 1 heterocycles. The van der Waals surface area contributed by atoms with Crippen molar-refractivity contribution in [2.24, 2.45) is 5.92 Å². The van der Waals surface area contributed by atoms with E-state index in [4.69, 9.17) is 0 Å². The monoisotopic (exact) mass is 299 g/mol. The summed E-state index contributed by atoms with van der Waals surface area (Å²) >= 11 is 0. The lowest BCUT2D eigenvalue weighted by molar-refractivity contribution is 0.342. The largest absolute Gasteiger partial charge is 0.307 e. The fourth-order valence-corrected chi connectivity index (χ4v) is 4.15. The van der Waals surface area contributed by atoms with Crippen LogP contribution in [0.1, 0.15) is 38.3 Å². The maximum Gasteiger partial charge on any atom is 0.150 e. The van der Waals surface area contributed by atoms with Crippen LogP contribution in [0.3, 0.4) is 0 Å². The molecule has 1 atom stereocenters. The molecule has 0 radical (unpaired) electrons. The second kappa shape index (κ2) is 6.22. The molecule has 112 valence electrons. The van der Waals surface area contributed by atoms with Gasteiger partial charge in [0.05, 0.1) is 11.5 Å². The third-order valence-corrected chi connectivity index (χ3v) is 5.58. The average Bonchev–Trinajstić information content (AvgIpc) is 2.38. The second-order valence-corrected chi connectivity index (χ2v) is 8.17. The minimum absolute atomic E-state index is 0.126. The molecule has 0 spiro atoms. The first kappa shape index (κ1) is 15.4. The number of rotatable bonds is 4. The van der Waals surface area contributed by atoms with Crippen LogP contribution in [0.5, 0.6) is 0 Å². The van der Waals surface area contributed by atoms with Crippen molar-refractivity contribution in [3.05, 3.63) is 35.6 Å². The van der Waals surface area contributed by atoms with Crippen LogP contribution >= 0.6 is 0 Å². The van der Waals surface area contributed by atoms with E-state index in [1.807, 2.05) is 0 Å². The highest BCUT2D eigenvalue weighted by atomic mass is 32.2. The normalized spacial score (nSPS) is 21.0. The molecular weight excluding hydrogens is 277 g/mol. The van der Waals surface area contributed by atoms with Crippen LogP contribution in [-0.2, 0) is 9.84 Å². The van der Waals surface area contributed by atoms with Crippen molar-refractivity contribution in [2.75, 3.05) is 11.5 Å². The Balaban J connectivity index is 2.05. The molecule has 1 unspecified atom stereocenters. The van der Waals surface area contributed by atoms with Gasteiger partial charge in [-0.25, -0.2) is 12.8 Å². The van der Waals surface area contributed by atoms with Crippen LogP contribution in [0.2, 0.25) is 0 Å². The summed E-state index contributed by atoms with van der Waals surface area (Å²) < 4.78 is 35.9. The van der Waals surface area contributed by atoms with Crippen molar-refractivity contribution in [3.63, 3.8) is 0 Å². The van der Waals surface area contributed by atoms with Crippen molar-refractivity contribution in [1.29, 1.82) is 0 Å². The summed E-state index contributed by atoms with van der Waals surface area (Å²) in [7, 11) is -2.83. The Morgan fingerprint density at radius 2 is 1.70 bits per heavy atom. The molecule has 1 N–H and O–H groups in total. The van der Waals surface area contributed by atoms with Gasteiger partial charge in [0.1, 0.15) is 15.7 Å². The lowest BCUT2D eigenvalue weighted by atomic mass is 9.94. The summed E-state index contributed by atoms with van der Waals surface area (Å²) in [5.74, 6) is 0.650. The smallest absolute Gasteiger partial charge is 0.150 e. The first-order valence-corrected chi connectivity index (χ1v) is 8.91. The highest BCUT2D eigenvalue weighted by Gasteiger charge is 2.26. The molecule has 1 aliphatic rings. The summed E-state index contributed by atoms with van der Waals surface area (Å²) in [6.45, 7) is 4.22. The van der Waals surface area contributed by atoms with Gasteiger partial charge in [-0.05, 0) is 36.5 Å². The number of hydrogen-bond donors (Lipinski definition) is 1. The van der Waals surface area contributed by atoms with Crippen molar-refractivity contribution in [1.82, 2.24) is 5.32 Å². The molecular formula is C15H22FNO2S. The summed E-state index contributed by atoms with van der Waals surface area (Å²) in [5, 5.41) is 3.54. The van der Waals surface area contributed by atoms with Gasteiger partial charge in [-0.2, -0.15) is 0 Å². The number of hydrogen-bond acceptors (Lipinski definition) is 3. The van der Waals surface area contributed by atoms with Gasteiger partial charge in [0.25, 0.3) is 0 Å². The first-order chi connectivity index (χ1) is 9.37. The molecule has 3 nitrogen and oxygen atoms in total. The van der Waals surface area contributed by atoms with Crippen LogP contribution in [0, 0.1) is 11.7 Å². The van der Waals surface area contributed by atoms with Gasteiger partial charge >= 0.3 is 0 Å². The zero-order valence-corrected chi connectivity index (χ0v) is 12.8. The number of sulfone groups is 1.